The highest BCUT2D eigenvalue weighted by Gasteiger charge is 2.21. The molecule has 0 unspecified atom stereocenters. The zero-order valence-corrected chi connectivity index (χ0v) is 16.1. The van der Waals surface area contributed by atoms with Gasteiger partial charge in [-0.15, -0.1) is 0 Å². The molecule has 4 aromatic rings. The Morgan fingerprint density at radius 2 is 1.93 bits per heavy atom. The SMILES string of the molecule is Cc1ccc2oc(-c3ccco3)c(OC(=O)/C=C/c3ccccc3Cl)c(=O)c2c1. The Labute approximate surface area is 170 Å². The third kappa shape index (κ3) is 3.86. The molecule has 0 aliphatic rings. The highest BCUT2D eigenvalue weighted by atomic mass is 35.5. The minimum absolute atomic E-state index is 0.0517. The lowest BCUT2D eigenvalue weighted by atomic mass is 10.1. The van der Waals surface area contributed by atoms with Crippen LogP contribution in [0.4, 0.5) is 0 Å². The van der Waals surface area contributed by atoms with Crippen LogP contribution in [0.15, 0.2) is 80.6 Å². The maximum Gasteiger partial charge on any atom is 0.336 e. The van der Waals surface area contributed by atoms with Gasteiger partial charge in [0, 0.05) is 11.1 Å². The van der Waals surface area contributed by atoms with Crippen LogP contribution in [0.2, 0.25) is 5.02 Å². The molecule has 0 aliphatic heterocycles. The fraction of sp³-hybridized carbons (Fsp3) is 0.0435. The summed E-state index contributed by atoms with van der Waals surface area (Å²) in [5.74, 6) is -0.637. The average Bonchev–Trinajstić information content (AvgIpc) is 3.24. The van der Waals surface area contributed by atoms with E-state index < -0.39 is 11.4 Å². The number of rotatable bonds is 4. The zero-order valence-electron chi connectivity index (χ0n) is 15.3. The van der Waals surface area contributed by atoms with Crippen molar-refractivity contribution in [3.8, 4) is 17.3 Å². The van der Waals surface area contributed by atoms with E-state index in [4.69, 9.17) is 25.2 Å². The Hall–Kier alpha value is -3.57. The van der Waals surface area contributed by atoms with Crippen LogP contribution in [-0.2, 0) is 4.79 Å². The van der Waals surface area contributed by atoms with E-state index in [1.165, 1.54) is 18.4 Å². The molecule has 0 atom stereocenters. The summed E-state index contributed by atoms with van der Waals surface area (Å²) in [4.78, 5) is 25.4. The van der Waals surface area contributed by atoms with Gasteiger partial charge in [0.25, 0.3) is 0 Å². The van der Waals surface area contributed by atoms with Crippen molar-refractivity contribution in [1.29, 1.82) is 0 Å². The standard InChI is InChI=1S/C23H15ClO5/c1-14-8-10-18-16(13-14)21(26)23(22(28-18)19-7-4-12-27-19)29-20(25)11-9-15-5-2-3-6-17(15)24/h2-13H,1H3/b11-9+. The molecule has 0 N–H and O–H groups in total. The van der Waals surface area contributed by atoms with Gasteiger partial charge in [0.1, 0.15) is 5.58 Å². The van der Waals surface area contributed by atoms with Crippen LogP contribution in [-0.4, -0.2) is 5.97 Å². The maximum absolute atomic E-state index is 13.0. The lowest BCUT2D eigenvalue weighted by molar-refractivity contribution is -0.129. The van der Waals surface area contributed by atoms with E-state index in [1.807, 2.05) is 13.0 Å². The topological polar surface area (TPSA) is 69.7 Å². The van der Waals surface area contributed by atoms with Gasteiger partial charge in [-0.05, 0) is 48.9 Å². The van der Waals surface area contributed by atoms with E-state index in [2.05, 4.69) is 0 Å². The summed E-state index contributed by atoms with van der Waals surface area (Å²) >= 11 is 6.09. The second-order valence-electron chi connectivity index (χ2n) is 6.34. The highest BCUT2D eigenvalue weighted by Crippen LogP contribution is 2.31. The number of furan rings is 1. The number of aryl methyl sites for hydroxylation is 1. The molecule has 0 amide bonds. The van der Waals surface area contributed by atoms with Crippen LogP contribution in [0.3, 0.4) is 0 Å². The van der Waals surface area contributed by atoms with Gasteiger partial charge in [0.15, 0.2) is 5.76 Å². The first-order chi connectivity index (χ1) is 14.0. The zero-order chi connectivity index (χ0) is 20.4. The Balaban J connectivity index is 1.76. The number of hydrogen-bond donors (Lipinski definition) is 0. The fourth-order valence-corrected chi connectivity index (χ4v) is 3.06. The first-order valence-electron chi connectivity index (χ1n) is 8.78. The minimum Gasteiger partial charge on any atom is -0.461 e. The Morgan fingerprint density at radius 1 is 1.10 bits per heavy atom. The summed E-state index contributed by atoms with van der Waals surface area (Å²) in [5, 5.41) is 0.812. The molecule has 4 rings (SSSR count). The second-order valence-corrected chi connectivity index (χ2v) is 6.75. The van der Waals surface area contributed by atoms with Gasteiger partial charge in [0.2, 0.25) is 16.9 Å². The molecule has 2 heterocycles. The van der Waals surface area contributed by atoms with Gasteiger partial charge in [0.05, 0.1) is 11.6 Å². The van der Waals surface area contributed by atoms with Crippen LogP contribution < -0.4 is 10.2 Å². The Kier molecular flexibility index (Phi) is 5.06. The largest absolute Gasteiger partial charge is 0.461 e. The van der Waals surface area contributed by atoms with Gasteiger partial charge in [-0.1, -0.05) is 41.4 Å². The third-order valence-corrected chi connectivity index (χ3v) is 4.60. The predicted octanol–water partition coefficient (Wildman–Crippen LogP) is 5.63. The number of halogens is 1. The van der Waals surface area contributed by atoms with Gasteiger partial charge in [-0.25, -0.2) is 4.79 Å². The molecular formula is C23H15ClO5. The molecule has 6 heteroatoms. The van der Waals surface area contributed by atoms with Crippen molar-refractivity contribution >= 4 is 34.6 Å². The van der Waals surface area contributed by atoms with Crippen molar-refractivity contribution in [1.82, 2.24) is 0 Å². The van der Waals surface area contributed by atoms with E-state index in [0.29, 0.717) is 21.6 Å². The molecule has 0 aliphatic carbocycles. The van der Waals surface area contributed by atoms with Crippen LogP contribution in [0.1, 0.15) is 11.1 Å². The first-order valence-corrected chi connectivity index (χ1v) is 9.16. The van der Waals surface area contributed by atoms with Crippen molar-refractivity contribution in [2.75, 3.05) is 0 Å². The molecule has 0 saturated carbocycles. The number of carbonyl (C=O) groups excluding carboxylic acids is 1. The van der Waals surface area contributed by atoms with Crippen molar-refractivity contribution < 1.29 is 18.4 Å². The average molecular weight is 407 g/mol. The first kappa shape index (κ1) is 18.8. The molecule has 2 aromatic heterocycles. The number of esters is 1. The van der Waals surface area contributed by atoms with E-state index in [9.17, 15) is 9.59 Å². The summed E-state index contributed by atoms with van der Waals surface area (Å²) < 4.78 is 16.6. The molecule has 29 heavy (non-hydrogen) atoms. The minimum atomic E-state index is -0.739. The van der Waals surface area contributed by atoms with Crippen molar-refractivity contribution in [2.45, 2.75) is 6.92 Å². The summed E-state index contributed by atoms with van der Waals surface area (Å²) in [6.45, 7) is 1.86. The van der Waals surface area contributed by atoms with E-state index in [1.54, 1.807) is 48.5 Å². The monoisotopic (exact) mass is 406 g/mol. The Morgan fingerprint density at radius 3 is 2.69 bits per heavy atom. The van der Waals surface area contributed by atoms with Gasteiger partial charge in [-0.2, -0.15) is 0 Å². The van der Waals surface area contributed by atoms with Crippen LogP contribution in [0.5, 0.6) is 5.75 Å². The number of benzene rings is 2. The van der Waals surface area contributed by atoms with E-state index >= 15 is 0 Å². The molecule has 2 aromatic carbocycles. The van der Waals surface area contributed by atoms with Crippen LogP contribution >= 0.6 is 11.6 Å². The quantitative estimate of drug-likeness (QED) is 0.324. The maximum atomic E-state index is 13.0. The Bertz CT molecular complexity index is 1280. The fourth-order valence-electron chi connectivity index (χ4n) is 2.86. The lowest BCUT2D eigenvalue weighted by Crippen LogP contribution is -2.14. The number of hydrogen-bond acceptors (Lipinski definition) is 5. The molecule has 0 radical (unpaired) electrons. The lowest BCUT2D eigenvalue weighted by Gasteiger charge is -2.08. The summed E-state index contributed by atoms with van der Waals surface area (Å²) in [7, 11) is 0. The number of carbonyl (C=O) groups is 1. The van der Waals surface area contributed by atoms with Gasteiger partial charge in [-0.3, -0.25) is 4.79 Å². The van der Waals surface area contributed by atoms with Crippen LogP contribution in [0, 0.1) is 6.92 Å². The summed E-state index contributed by atoms with van der Waals surface area (Å²) in [6, 6.07) is 15.5. The highest BCUT2D eigenvalue weighted by molar-refractivity contribution is 6.32. The van der Waals surface area contributed by atoms with Crippen molar-refractivity contribution in [3.05, 3.63) is 93.3 Å². The van der Waals surface area contributed by atoms with E-state index in [-0.39, 0.29) is 17.3 Å². The number of ether oxygens (including phenoxy) is 1. The molecule has 0 spiro atoms. The molecule has 0 fully saturated rings. The molecule has 144 valence electrons. The van der Waals surface area contributed by atoms with Crippen molar-refractivity contribution in [2.24, 2.45) is 0 Å². The molecule has 0 saturated heterocycles. The van der Waals surface area contributed by atoms with Crippen LogP contribution in [0.25, 0.3) is 28.6 Å². The number of fused-ring (bicyclic) bond motifs is 1. The summed E-state index contributed by atoms with van der Waals surface area (Å²) in [6.07, 6.45) is 4.16. The van der Waals surface area contributed by atoms with E-state index in [0.717, 1.165) is 5.56 Å². The molecule has 5 nitrogen and oxygen atoms in total. The summed E-state index contributed by atoms with van der Waals surface area (Å²) in [5.41, 5.74) is 1.45. The predicted molar refractivity (Wildman–Crippen MR) is 111 cm³/mol. The smallest absolute Gasteiger partial charge is 0.336 e. The molecule has 0 bridgehead atoms. The normalized spacial score (nSPS) is 11.2. The molecular weight excluding hydrogens is 392 g/mol. The second kappa shape index (κ2) is 7.81. The third-order valence-electron chi connectivity index (χ3n) is 4.26. The van der Waals surface area contributed by atoms with Crippen molar-refractivity contribution in [3.63, 3.8) is 0 Å². The van der Waals surface area contributed by atoms with Gasteiger partial charge < -0.3 is 13.6 Å². The van der Waals surface area contributed by atoms with Gasteiger partial charge >= 0.3 is 5.97 Å².